The van der Waals surface area contributed by atoms with Crippen LogP contribution < -0.4 is 17.2 Å². The fourth-order valence-electron chi connectivity index (χ4n) is 5.61. The summed E-state index contributed by atoms with van der Waals surface area (Å²) in [7, 11) is 0. The van der Waals surface area contributed by atoms with Gasteiger partial charge in [-0.1, -0.05) is 0 Å². The summed E-state index contributed by atoms with van der Waals surface area (Å²) in [6, 6.07) is -2.43. The minimum atomic E-state index is -2.78. The maximum atomic E-state index is 12.9. The second-order valence-electron chi connectivity index (χ2n) is 11.5. The van der Waals surface area contributed by atoms with Crippen LogP contribution in [-0.4, -0.2) is 175 Å². The molecule has 16 N–H and O–H groups in total. The molecule has 1 aromatic rings. The molecule has 0 saturated carbocycles. The van der Waals surface area contributed by atoms with E-state index in [0.717, 1.165) is 12.1 Å². The molecule has 272 valence electrons. The fourth-order valence-corrected chi connectivity index (χ4v) is 5.61. The van der Waals surface area contributed by atoms with Gasteiger partial charge in [0.25, 0.3) is 5.79 Å². The van der Waals surface area contributed by atoms with Crippen LogP contribution >= 0.6 is 0 Å². The van der Waals surface area contributed by atoms with E-state index in [-0.39, 0.29) is 17.4 Å². The van der Waals surface area contributed by atoms with Crippen molar-refractivity contribution >= 4 is 12.3 Å². The largest absolute Gasteiger partial charge is 0.504 e. The molecule has 48 heavy (non-hydrogen) atoms. The van der Waals surface area contributed by atoms with Crippen LogP contribution in [0.25, 0.3) is 0 Å². The third-order valence-corrected chi connectivity index (χ3v) is 8.45. The lowest BCUT2D eigenvalue weighted by Crippen LogP contribution is -2.72. The number of carbonyl (C=O) groups excluding carboxylic acids is 2. The Kier molecular flexibility index (Phi) is 12.3. The molecule has 3 aliphatic heterocycles. The van der Waals surface area contributed by atoms with Gasteiger partial charge < -0.3 is 96.7 Å². The highest BCUT2D eigenvalue weighted by Crippen LogP contribution is 2.36. The molecule has 0 bridgehead atoms. The summed E-state index contributed by atoms with van der Waals surface area (Å²) in [5, 5.41) is 103. The zero-order valence-corrected chi connectivity index (χ0v) is 25.1. The highest BCUT2D eigenvalue weighted by molar-refractivity contribution is 5.84. The number of phenolic OH excluding ortho intramolecular Hbond substituents is 2. The van der Waals surface area contributed by atoms with Gasteiger partial charge in [0.2, 0.25) is 0 Å². The van der Waals surface area contributed by atoms with Gasteiger partial charge in [-0.25, -0.2) is 0 Å². The Hall–Kier alpha value is -2.68. The first-order valence-corrected chi connectivity index (χ1v) is 14.6. The molecule has 3 aliphatic rings. The topological polar surface area (TPSA) is 370 Å². The Balaban J connectivity index is 1.52. The molecule has 3 fully saturated rings. The maximum Gasteiger partial charge on any atom is 0.313 e. The summed E-state index contributed by atoms with van der Waals surface area (Å²) in [6.45, 7) is -2.92. The van der Waals surface area contributed by atoms with E-state index in [1.165, 1.54) is 0 Å². The van der Waals surface area contributed by atoms with Crippen molar-refractivity contribution in [2.45, 2.75) is 98.0 Å². The van der Waals surface area contributed by atoms with Crippen LogP contribution in [0.1, 0.15) is 15.9 Å². The Morgan fingerprint density at radius 2 is 1.40 bits per heavy atom. The minimum absolute atomic E-state index is 0.202. The van der Waals surface area contributed by atoms with Crippen LogP contribution in [0.2, 0.25) is 0 Å². The van der Waals surface area contributed by atoms with E-state index in [2.05, 4.69) is 0 Å². The number of hydrogen-bond acceptors (Lipinski definition) is 21. The Morgan fingerprint density at radius 1 is 0.833 bits per heavy atom. The van der Waals surface area contributed by atoms with E-state index in [0.29, 0.717) is 0 Å². The molecule has 1 aromatic carbocycles. The number of rotatable bonds is 11. The van der Waals surface area contributed by atoms with Crippen molar-refractivity contribution in [3.05, 3.63) is 23.3 Å². The summed E-state index contributed by atoms with van der Waals surface area (Å²) in [6.07, 6.45) is -19.3. The molecule has 15 atom stereocenters. The van der Waals surface area contributed by atoms with E-state index >= 15 is 0 Å². The number of benzene rings is 1. The number of esters is 1. The lowest BCUT2D eigenvalue weighted by atomic mass is 9.93. The van der Waals surface area contributed by atoms with Gasteiger partial charge in [0.1, 0.15) is 61.7 Å². The molecular formula is C27H41N3O18. The monoisotopic (exact) mass is 695 g/mol. The number of aliphatic hydroxyl groups excluding tert-OH is 8. The summed E-state index contributed by atoms with van der Waals surface area (Å²) in [4.78, 5) is 24.3. The molecule has 2 unspecified atom stereocenters. The molecule has 21 nitrogen and oxygen atoms in total. The third-order valence-electron chi connectivity index (χ3n) is 8.45. The molecule has 0 amide bonds. The van der Waals surface area contributed by atoms with Crippen molar-refractivity contribution in [1.82, 2.24) is 0 Å². The molecule has 4 rings (SSSR count). The third kappa shape index (κ3) is 7.27. The predicted octanol–water partition coefficient (Wildman–Crippen LogP) is -7.34. The molecular weight excluding hydrogens is 654 g/mol. The number of hydrogen-bond donors (Lipinski definition) is 13. The highest BCUT2D eigenvalue weighted by Gasteiger charge is 2.58. The zero-order chi connectivity index (χ0) is 35.7. The molecule has 21 heteroatoms. The van der Waals surface area contributed by atoms with Gasteiger partial charge in [-0.2, -0.15) is 0 Å². The van der Waals surface area contributed by atoms with Crippen LogP contribution in [0.5, 0.6) is 11.5 Å². The van der Waals surface area contributed by atoms with Gasteiger partial charge in [-0.05, 0) is 12.1 Å². The Labute approximate surface area is 271 Å². The van der Waals surface area contributed by atoms with Gasteiger partial charge in [0, 0.05) is 11.1 Å². The maximum absolute atomic E-state index is 12.9. The number of phenols is 2. The lowest BCUT2D eigenvalue weighted by molar-refractivity contribution is -0.399. The van der Waals surface area contributed by atoms with Crippen LogP contribution in [0.15, 0.2) is 12.1 Å². The number of aliphatic hydroxyl groups is 8. The average molecular weight is 696 g/mol. The number of carbonyl (C=O) groups is 2. The van der Waals surface area contributed by atoms with Gasteiger partial charge in [-0.15, -0.1) is 0 Å². The predicted molar refractivity (Wildman–Crippen MR) is 151 cm³/mol. The summed E-state index contributed by atoms with van der Waals surface area (Å²) < 4.78 is 33.0. The van der Waals surface area contributed by atoms with E-state index < -0.39 is 135 Å². The number of ether oxygens (including phenoxy) is 6. The van der Waals surface area contributed by atoms with E-state index in [9.17, 15) is 60.7 Å². The highest BCUT2D eigenvalue weighted by atomic mass is 16.8. The van der Waals surface area contributed by atoms with Crippen molar-refractivity contribution in [2.24, 2.45) is 17.2 Å². The van der Waals surface area contributed by atoms with Crippen LogP contribution in [0.4, 0.5) is 0 Å². The second kappa shape index (κ2) is 15.5. The van der Waals surface area contributed by atoms with Crippen LogP contribution in [-0.2, 0) is 39.6 Å². The molecule has 0 aromatic heterocycles. The smallest absolute Gasteiger partial charge is 0.313 e. The van der Waals surface area contributed by atoms with Crippen molar-refractivity contribution < 1.29 is 89.1 Å². The van der Waals surface area contributed by atoms with Gasteiger partial charge in [0.05, 0.1) is 37.8 Å². The van der Waals surface area contributed by atoms with Crippen molar-refractivity contribution in [2.75, 3.05) is 19.8 Å². The molecule has 3 saturated heterocycles. The SMILES string of the molecule is N[C@H]1[C@@H](OC2[C@@H](CO)O[C@@H](OC3[C@@H](CO)O[C@@H](O)[C@H](N)[C@H]3O)[C@H](N)[C@H]2O)O[C@](CO)(OC(=O)Cc2c(C=O)ccc(O)c2O)[C@@H](O)[C@@H]1O. The number of aldehydes is 1. The zero-order valence-electron chi connectivity index (χ0n) is 25.1. The average Bonchev–Trinajstić information content (AvgIpc) is 3.07. The Bertz CT molecular complexity index is 1270. The van der Waals surface area contributed by atoms with E-state index in [1.54, 1.807) is 0 Å². The fraction of sp³-hybridized carbons (Fsp3) is 0.704. The summed E-state index contributed by atoms with van der Waals surface area (Å²) in [5.41, 5.74) is 17.3. The van der Waals surface area contributed by atoms with Gasteiger partial charge in [0.15, 0.2) is 30.4 Å². The van der Waals surface area contributed by atoms with Gasteiger partial charge >= 0.3 is 5.97 Å². The number of nitrogens with two attached hydrogens (primary N) is 3. The molecule has 0 spiro atoms. The van der Waals surface area contributed by atoms with Crippen molar-refractivity contribution in [3.8, 4) is 11.5 Å². The summed E-state index contributed by atoms with van der Waals surface area (Å²) in [5.74, 6) is -5.60. The number of aromatic hydroxyl groups is 2. The lowest BCUT2D eigenvalue weighted by Gasteiger charge is -2.50. The first-order valence-electron chi connectivity index (χ1n) is 14.6. The van der Waals surface area contributed by atoms with Crippen LogP contribution in [0.3, 0.4) is 0 Å². The second-order valence-corrected chi connectivity index (χ2v) is 11.5. The molecule has 3 heterocycles. The van der Waals surface area contributed by atoms with Crippen molar-refractivity contribution in [1.29, 1.82) is 0 Å². The summed E-state index contributed by atoms with van der Waals surface area (Å²) >= 11 is 0. The molecule has 0 aliphatic carbocycles. The standard InChI is InChI=1S/C27H41N3O18/c28-14-18(38)21(11(5-32)43-24(14)42)45-25-15(29)19(39)22(12(6-33)44-25)46-26-16(30)20(40)23(41)27(7-34,48-26)47-13(36)3-9-8(4-31)1-2-10(35)17(9)37/h1-2,4,11-12,14-16,18-26,32-35,37-42H,3,5-7,28-30H2/t11-,12-,14-,15-,16-,18-,19-,20-,21?,22?,23+,24-,25+,26+,27+/m1/s1. The van der Waals surface area contributed by atoms with Crippen molar-refractivity contribution in [3.63, 3.8) is 0 Å². The van der Waals surface area contributed by atoms with E-state index in [1.807, 2.05) is 0 Å². The van der Waals surface area contributed by atoms with E-state index in [4.69, 9.17) is 45.6 Å². The first kappa shape index (κ1) is 38.1. The molecule has 0 radical (unpaired) electrons. The van der Waals surface area contributed by atoms with Gasteiger partial charge in [-0.3, -0.25) is 9.59 Å². The van der Waals surface area contributed by atoms with Crippen LogP contribution in [0, 0.1) is 0 Å². The first-order chi connectivity index (χ1) is 22.6. The Morgan fingerprint density at radius 3 is 1.98 bits per heavy atom. The minimum Gasteiger partial charge on any atom is -0.504 e. The normalized spacial score (nSPS) is 41.9. The quantitative estimate of drug-likeness (QED) is 0.0580.